The van der Waals surface area contributed by atoms with Crippen molar-refractivity contribution in [3.05, 3.63) is 76.5 Å². The standard InChI is InChI=1S/C21H16Cl2N4O/c1-13-20-16(14-5-3-2-4-6-14)9-10-24-21(20)27(26-13)12-19(28)25-15-7-8-17(22)18(23)11-15/h2-11H,12H2,1H3,(H,25,28). The van der Waals surface area contributed by atoms with Crippen LogP contribution in [0.5, 0.6) is 0 Å². The Hall–Kier alpha value is -2.89. The van der Waals surface area contributed by atoms with Crippen molar-refractivity contribution < 1.29 is 4.79 Å². The zero-order valence-electron chi connectivity index (χ0n) is 15.0. The van der Waals surface area contributed by atoms with Gasteiger partial charge in [0.05, 0.1) is 15.7 Å². The van der Waals surface area contributed by atoms with Crippen molar-refractivity contribution in [1.82, 2.24) is 14.8 Å². The molecule has 2 aromatic carbocycles. The van der Waals surface area contributed by atoms with Crippen molar-refractivity contribution in [2.24, 2.45) is 0 Å². The number of hydrogen-bond donors (Lipinski definition) is 1. The van der Waals surface area contributed by atoms with E-state index < -0.39 is 0 Å². The summed E-state index contributed by atoms with van der Waals surface area (Å²) in [5.41, 5.74) is 4.19. The minimum absolute atomic E-state index is 0.0375. The van der Waals surface area contributed by atoms with Crippen molar-refractivity contribution in [1.29, 1.82) is 0 Å². The Morgan fingerprint density at radius 3 is 2.61 bits per heavy atom. The maximum Gasteiger partial charge on any atom is 0.246 e. The van der Waals surface area contributed by atoms with E-state index in [1.807, 2.05) is 43.3 Å². The van der Waals surface area contributed by atoms with E-state index in [1.54, 1.807) is 29.1 Å². The molecule has 140 valence electrons. The van der Waals surface area contributed by atoms with Gasteiger partial charge in [-0.05, 0) is 42.3 Å². The maximum absolute atomic E-state index is 12.5. The minimum atomic E-state index is -0.227. The fourth-order valence-corrected chi connectivity index (χ4v) is 3.46. The molecule has 0 saturated carbocycles. The van der Waals surface area contributed by atoms with Crippen LogP contribution in [-0.4, -0.2) is 20.7 Å². The first-order chi connectivity index (χ1) is 13.5. The number of anilines is 1. The number of amides is 1. The van der Waals surface area contributed by atoms with E-state index in [0.717, 1.165) is 22.2 Å². The van der Waals surface area contributed by atoms with Gasteiger partial charge in [-0.2, -0.15) is 5.10 Å². The van der Waals surface area contributed by atoms with E-state index >= 15 is 0 Å². The van der Waals surface area contributed by atoms with Gasteiger partial charge in [-0.1, -0.05) is 53.5 Å². The van der Waals surface area contributed by atoms with E-state index in [-0.39, 0.29) is 12.5 Å². The molecule has 0 saturated heterocycles. The molecule has 7 heteroatoms. The van der Waals surface area contributed by atoms with E-state index in [9.17, 15) is 4.79 Å². The first-order valence-electron chi connectivity index (χ1n) is 8.65. The van der Waals surface area contributed by atoms with Gasteiger partial charge in [0, 0.05) is 17.3 Å². The number of hydrogen-bond acceptors (Lipinski definition) is 3. The lowest BCUT2D eigenvalue weighted by Gasteiger charge is -2.07. The van der Waals surface area contributed by atoms with Gasteiger partial charge < -0.3 is 5.32 Å². The molecule has 0 radical (unpaired) electrons. The molecule has 2 heterocycles. The summed E-state index contributed by atoms with van der Waals surface area (Å²) in [6, 6.07) is 17.0. The summed E-state index contributed by atoms with van der Waals surface area (Å²) in [6.45, 7) is 1.96. The van der Waals surface area contributed by atoms with Crippen molar-refractivity contribution in [2.75, 3.05) is 5.32 Å². The smallest absolute Gasteiger partial charge is 0.246 e. The Morgan fingerprint density at radius 2 is 1.86 bits per heavy atom. The lowest BCUT2D eigenvalue weighted by atomic mass is 10.0. The Balaban J connectivity index is 1.64. The summed E-state index contributed by atoms with van der Waals surface area (Å²) in [5.74, 6) is -0.227. The number of aryl methyl sites for hydroxylation is 1. The third-order valence-corrected chi connectivity index (χ3v) is 5.13. The van der Waals surface area contributed by atoms with Crippen LogP contribution in [-0.2, 0) is 11.3 Å². The highest BCUT2D eigenvalue weighted by atomic mass is 35.5. The summed E-state index contributed by atoms with van der Waals surface area (Å²) >= 11 is 11.9. The van der Waals surface area contributed by atoms with E-state index in [2.05, 4.69) is 15.4 Å². The van der Waals surface area contributed by atoms with Crippen molar-refractivity contribution in [3.8, 4) is 11.1 Å². The lowest BCUT2D eigenvalue weighted by Crippen LogP contribution is -2.19. The topological polar surface area (TPSA) is 59.8 Å². The average molecular weight is 411 g/mol. The van der Waals surface area contributed by atoms with Gasteiger partial charge in [0.15, 0.2) is 5.65 Å². The summed E-state index contributed by atoms with van der Waals surface area (Å²) < 4.78 is 1.62. The van der Waals surface area contributed by atoms with Gasteiger partial charge in [0.2, 0.25) is 5.91 Å². The molecule has 0 atom stereocenters. The van der Waals surface area contributed by atoms with Crippen LogP contribution >= 0.6 is 23.2 Å². The van der Waals surface area contributed by atoms with Crippen LogP contribution in [0.25, 0.3) is 22.2 Å². The molecule has 0 aliphatic heterocycles. The number of halogens is 2. The SMILES string of the molecule is Cc1nn(CC(=O)Nc2ccc(Cl)c(Cl)c2)c2nccc(-c3ccccc3)c12. The predicted octanol–water partition coefficient (Wildman–Crippen LogP) is 5.35. The molecule has 1 amide bonds. The molecule has 4 aromatic rings. The number of carbonyl (C=O) groups is 1. The zero-order chi connectivity index (χ0) is 19.7. The van der Waals surface area contributed by atoms with Crippen molar-refractivity contribution in [2.45, 2.75) is 13.5 Å². The highest BCUT2D eigenvalue weighted by molar-refractivity contribution is 6.42. The summed E-state index contributed by atoms with van der Waals surface area (Å²) in [6.07, 6.45) is 1.74. The normalized spacial score (nSPS) is 11.0. The van der Waals surface area contributed by atoms with Gasteiger partial charge in [-0.25, -0.2) is 9.67 Å². The Kier molecular flexibility index (Phi) is 5.03. The van der Waals surface area contributed by atoms with Crippen LogP contribution < -0.4 is 5.32 Å². The van der Waals surface area contributed by atoms with E-state index in [0.29, 0.717) is 21.4 Å². The number of aromatic nitrogens is 3. The molecule has 5 nitrogen and oxygen atoms in total. The molecule has 28 heavy (non-hydrogen) atoms. The molecule has 1 N–H and O–H groups in total. The molecule has 0 aliphatic rings. The number of fused-ring (bicyclic) bond motifs is 1. The van der Waals surface area contributed by atoms with Gasteiger partial charge in [-0.3, -0.25) is 4.79 Å². The molecule has 0 bridgehead atoms. The summed E-state index contributed by atoms with van der Waals surface area (Å²) in [4.78, 5) is 17.0. The second kappa shape index (κ2) is 7.62. The van der Waals surface area contributed by atoms with Crippen LogP contribution in [0.1, 0.15) is 5.69 Å². The Labute approximate surface area is 171 Å². The highest BCUT2D eigenvalue weighted by Gasteiger charge is 2.16. The first kappa shape index (κ1) is 18.5. The number of rotatable bonds is 4. The van der Waals surface area contributed by atoms with Gasteiger partial charge in [-0.15, -0.1) is 0 Å². The van der Waals surface area contributed by atoms with Crippen LogP contribution in [0.3, 0.4) is 0 Å². The number of nitrogens with zero attached hydrogens (tertiary/aromatic N) is 3. The molecule has 0 aliphatic carbocycles. The van der Waals surface area contributed by atoms with Gasteiger partial charge in [0.1, 0.15) is 6.54 Å². The monoisotopic (exact) mass is 410 g/mol. The first-order valence-corrected chi connectivity index (χ1v) is 9.41. The Bertz CT molecular complexity index is 1170. The average Bonchev–Trinajstić information content (AvgIpc) is 3.01. The van der Waals surface area contributed by atoms with E-state index in [1.165, 1.54) is 0 Å². The minimum Gasteiger partial charge on any atom is -0.324 e. The van der Waals surface area contributed by atoms with E-state index in [4.69, 9.17) is 23.2 Å². The lowest BCUT2D eigenvalue weighted by molar-refractivity contribution is -0.116. The van der Waals surface area contributed by atoms with Crippen LogP contribution in [0.4, 0.5) is 5.69 Å². The maximum atomic E-state index is 12.5. The molecule has 4 rings (SSSR count). The number of pyridine rings is 1. The van der Waals surface area contributed by atoms with Crippen LogP contribution in [0.2, 0.25) is 10.0 Å². The molecule has 0 fully saturated rings. The second-order valence-corrected chi connectivity index (χ2v) is 7.16. The fraction of sp³-hybridized carbons (Fsp3) is 0.0952. The predicted molar refractivity (Wildman–Crippen MR) is 113 cm³/mol. The largest absolute Gasteiger partial charge is 0.324 e. The summed E-state index contributed by atoms with van der Waals surface area (Å²) in [5, 5.41) is 9.10. The Morgan fingerprint density at radius 1 is 1.07 bits per heavy atom. The zero-order valence-corrected chi connectivity index (χ0v) is 16.5. The summed E-state index contributed by atoms with van der Waals surface area (Å²) in [7, 11) is 0. The van der Waals surface area contributed by atoms with Crippen LogP contribution in [0, 0.1) is 6.92 Å². The van der Waals surface area contributed by atoms with Crippen molar-refractivity contribution >= 4 is 45.8 Å². The number of nitrogens with one attached hydrogen (secondary N) is 1. The third-order valence-electron chi connectivity index (χ3n) is 4.39. The molecule has 0 spiro atoms. The van der Waals surface area contributed by atoms with Gasteiger partial charge in [0.25, 0.3) is 0 Å². The third kappa shape index (κ3) is 3.59. The van der Waals surface area contributed by atoms with Crippen molar-refractivity contribution in [3.63, 3.8) is 0 Å². The van der Waals surface area contributed by atoms with Crippen LogP contribution in [0.15, 0.2) is 60.8 Å². The number of carbonyl (C=O) groups excluding carboxylic acids is 1. The molecule has 2 aromatic heterocycles. The van der Waals surface area contributed by atoms with Gasteiger partial charge >= 0.3 is 0 Å². The quantitative estimate of drug-likeness (QED) is 0.492. The highest BCUT2D eigenvalue weighted by Crippen LogP contribution is 2.30. The second-order valence-electron chi connectivity index (χ2n) is 6.34. The fourth-order valence-electron chi connectivity index (χ4n) is 3.16. The molecular formula is C21H16Cl2N4O. The molecular weight excluding hydrogens is 395 g/mol. The molecule has 0 unspecified atom stereocenters. The number of benzene rings is 2.